The second kappa shape index (κ2) is 5.60. The quantitative estimate of drug-likeness (QED) is 0.773. The van der Waals surface area contributed by atoms with Gasteiger partial charge in [0.1, 0.15) is 0 Å². The minimum absolute atomic E-state index is 0.0925. The first-order valence-corrected chi connectivity index (χ1v) is 6.77. The summed E-state index contributed by atoms with van der Waals surface area (Å²) in [7, 11) is 2.24. The van der Waals surface area contributed by atoms with Crippen LogP contribution in [0.5, 0.6) is 0 Å². The monoisotopic (exact) mass is 251 g/mol. The molecular weight excluding hydrogens is 233 g/mol. The summed E-state index contributed by atoms with van der Waals surface area (Å²) in [4.78, 5) is 2.34. The topological polar surface area (TPSA) is 12.5 Å². The lowest BCUT2D eigenvalue weighted by molar-refractivity contribution is 0.323. The summed E-state index contributed by atoms with van der Waals surface area (Å²) in [6.07, 6.45) is 1.04. The van der Waals surface area contributed by atoms with Crippen LogP contribution in [0.4, 0.5) is 0 Å². The van der Waals surface area contributed by atoms with Gasteiger partial charge in [-0.3, -0.25) is 0 Å². The van der Waals surface area contributed by atoms with Crippen LogP contribution in [0.3, 0.4) is 0 Å². The maximum absolute atomic E-state index is 5.96. The van der Waals surface area contributed by atoms with Gasteiger partial charge in [0, 0.05) is 12.6 Å². The Morgan fingerprint density at radius 3 is 2.37 bits per heavy atom. The molecule has 1 aliphatic rings. The van der Waals surface area contributed by atoms with Gasteiger partial charge in [-0.15, -0.1) is 0 Å². The molecule has 0 N–H and O–H groups in total. The maximum atomic E-state index is 5.96. The van der Waals surface area contributed by atoms with Crippen LogP contribution in [0.1, 0.15) is 5.56 Å². The highest BCUT2D eigenvalue weighted by atomic mass is 16.5. The van der Waals surface area contributed by atoms with Gasteiger partial charge >= 0.3 is 7.05 Å². The second-order valence-corrected chi connectivity index (χ2v) is 5.11. The van der Waals surface area contributed by atoms with Crippen LogP contribution < -0.4 is 5.46 Å². The summed E-state index contributed by atoms with van der Waals surface area (Å²) < 4.78 is 5.96. The fraction of sp³-hybridized carbons (Fsp3) is 0.250. The average molecular weight is 251 g/mol. The molecule has 0 amide bonds. The molecule has 0 bridgehead atoms. The fourth-order valence-electron chi connectivity index (χ4n) is 2.67. The van der Waals surface area contributed by atoms with Gasteiger partial charge < -0.3 is 9.47 Å². The summed E-state index contributed by atoms with van der Waals surface area (Å²) in [5, 5.41) is 0. The summed E-state index contributed by atoms with van der Waals surface area (Å²) in [6.45, 7) is 0.797. The van der Waals surface area contributed by atoms with E-state index in [1.54, 1.807) is 0 Å². The van der Waals surface area contributed by atoms with Crippen LogP contribution in [0, 0.1) is 0 Å². The Balaban J connectivity index is 1.71. The number of nitrogens with zero attached hydrogens (tertiary/aromatic N) is 1. The number of benzene rings is 2. The molecule has 2 nitrogen and oxygen atoms in total. The van der Waals surface area contributed by atoms with Crippen molar-refractivity contribution in [3.05, 3.63) is 66.2 Å². The van der Waals surface area contributed by atoms with Crippen LogP contribution in [0.2, 0.25) is 0 Å². The third-order valence-electron chi connectivity index (χ3n) is 3.79. The van der Waals surface area contributed by atoms with Gasteiger partial charge in [-0.1, -0.05) is 60.7 Å². The lowest BCUT2D eigenvalue weighted by Gasteiger charge is -2.21. The van der Waals surface area contributed by atoms with Crippen molar-refractivity contribution in [2.75, 3.05) is 13.7 Å². The van der Waals surface area contributed by atoms with E-state index in [1.165, 1.54) is 11.0 Å². The molecule has 2 aromatic rings. The van der Waals surface area contributed by atoms with E-state index in [0.29, 0.717) is 6.04 Å². The lowest BCUT2D eigenvalue weighted by Crippen LogP contribution is -2.46. The molecule has 1 saturated heterocycles. The van der Waals surface area contributed by atoms with Gasteiger partial charge in [-0.25, -0.2) is 0 Å². The summed E-state index contributed by atoms with van der Waals surface area (Å²) in [5.74, 6) is 0. The van der Waals surface area contributed by atoms with Crippen molar-refractivity contribution < 1.29 is 4.65 Å². The highest BCUT2D eigenvalue weighted by Crippen LogP contribution is 2.16. The molecule has 1 aliphatic heterocycles. The molecule has 1 heterocycles. The Labute approximate surface area is 115 Å². The van der Waals surface area contributed by atoms with E-state index in [1.807, 2.05) is 6.07 Å². The lowest BCUT2D eigenvalue weighted by atomic mass is 9.72. The van der Waals surface area contributed by atoms with E-state index in [-0.39, 0.29) is 7.05 Å². The van der Waals surface area contributed by atoms with E-state index in [2.05, 4.69) is 66.5 Å². The highest BCUT2D eigenvalue weighted by molar-refractivity contribution is 6.65. The van der Waals surface area contributed by atoms with E-state index in [0.717, 1.165) is 13.0 Å². The third-order valence-corrected chi connectivity index (χ3v) is 3.79. The molecule has 2 aromatic carbocycles. The number of likely N-dealkylation sites (N-methyl/N-ethyl adjacent to an activating group) is 1. The SMILES string of the molecule is CN1B(c2ccccc2)OCC1Cc1ccccc1. The minimum Gasteiger partial charge on any atom is -0.416 e. The fourth-order valence-corrected chi connectivity index (χ4v) is 2.67. The molecule has 1 atom stereocenters. The number of rotatable bonds is 3. The van der Waals surface area contributed by atoms with Crippen molar-refractivity contribution in [2.45, 2.75) is 12.5 Å². The predicted octanol–water partition coefficient (Wildman–Crippen LogP) is 1.96. The van der Waals surface area contributed by atoms with Gasteiger partial charge in [0.25, 0.3) is 0 Å². The molecule has 0 aliphatic carbocycles. The molecule has 0 aromatic heterocycles. The summed E-state index contributed by atoms with van der Waals surface area (Å²) in [6, 6.07) is 21.5. The molecule has 3 rings (SSSR count). The van der Waals surface area contributed by atoms with Gasteiger partial charge in [0.15, 0.2) is 0 Å². The van der Waals surface area contributed by atoms with E-state index >= 15 is 0 Å². The predicted molar refractivity (Wildman–Crippen MR) is 79.5 cm³/mol. The van der Waals surface area contributed by atoms with Crippen molar-refractivity contribution in [1.29, 1.82) is 0 Å². The van der Waals surface area contributed by atoms with Crippen molar-refractivity contribution in [2.24, 2.45) is 0 Å². The molecule has 1 unspecified atom stereocenters. The molecule has 19 heavy (non-hydrogen) atoms. The number of hydrogen-bond acceptors (Lipinski definition) is 2. The minimum atomic E-state index is 0.0925. The Kier molecular flexibility index (Phi) is 3.67. The first-order valence-electron chi connectivity index (χ1n) is 6.77. The van der Waals surface area contributed by atoms with E-state index in [9.17, 15) is 0 Å². The first kappa shape index (κ1) is 12.5. The van der Waals surface area contributed by atoms with Crippen LogP contribution in [0.15, 0.2) is 60.7 Å². The normalized spacial score (nSPS) is 19.8. The van der Waals surface area contributed by atoms with Crippen LogP contribution in [-0.4, -0.2) is 31.6 Å². The average Bonchev–Trinajstić information content (AvgIpc) is 2.82. The Morgan fingerprint density at radius 1 is 1.05 bits per heavy atom. The van der Waals surface area contributed by atoms with E-state index < -0.39 is 0 Å². The maximum Gasteiger partial charge on any atom is 0.418 e. The zero-order valence-corrected chi connectivity index (χ0v) is 11.2. The van der Waals surface area contributed by atoms with Gasteiger partial charge in [0.05, 0.1) is 0 Å². The van der Waals surface area contributed by atoms with Gasteiger partial charge in [-0.2, -0.15) is 0 Å². The standard InChI is InChI=1S/C16H18BNO/c1-18-16(12-14-8-4-2-5-9-14)13-19-17(18)15-10-6-3-7-11-15/h2-11,16H,12-13H2,1H3. The second-order valence-electron chi connectivity index (χ2n) is 5.11. The number of hydrogen-bond donors (Lipinski definition) is 0. The van der Waals surface area contributed by atoms with Crippen molar-refractivity contribution >= 4 is 12.5 Å². The zero-order valence-electron chi connectivity index (χ0n) is 11.2. The van der Waals surface area contributed by atoms with Gasteiger partial charge in [-0.05, 0) is 24.5 Å². The molecule has 0 radical (unpaired) electrons. The third kappa shape index (κ3) is 2.72. The van der Waals surface area contributed by atoms with Crippen LogP contribution in [-0.2, 0) is 11.1 Å². The molecule has 0 saturated carbocycles. The molecular formula is C16H18BNO. The Hall–Kier alpha value is -1.58. The van der Waals surface area contributed by atoms with Crippen LogP contribution >= 0.6 is 0 Å². The van der Waals surface area contributed by atoms with Crippen LogP contribution in [0.25, 0.3) is 0 Å². The molecule has 96 valence electrons. The van der Waals surface area contributed by atoms with Crippen molar-refractivity contribution in [3.63, 3.8) is 0 Å². The molecule has 1 fully saturated rings. The van der Waals surface area contributed by atoms with Gasteiger partial charge in [0.2, 0.25) is 0 Å². The first-order chi connectivity index (χ1) is 9.34. The summed E-state index contributed by atoms with van der Waals surface area (Å²) in [5.41, 5.74) is 2.61. The molecule has 3 heteroatoms. The molecule has 0 spiro atoms. The highest BCUT2D eigenvalue weighted by Gasteiger charge is 2.36. The largest absolute Gasteiger partial charge is 0.418 e. The van der Waals surface area contributed by atoms with Crippen molar-refractivity contribution in [1.82, 2.24) is 4.81 Å². The Morgan fingerprint density at radius 2 is 1.68 bits per heavy atom. The Bertz CT molecular complexity index is 517. The smallest absolute Gasteiger partial charge is 0.416 e. The zero-order chi connectivity index (χ0) is 13.1. The van der Waals surface area contributed by atoms with E-state index in [4.69, 9.17) is 4.65 Å². The van der Waals surface area contributed by atoms with Crippen molar-refractivity contribution in [3.8, 4) is 0 Å². The summed E-state index contributed by atoms with van der Waals surface area (Å²) >= 11 is 0.